The van der Waals surface area contributed by atoms with Gasteiger partial charge in [0, 0.05) is 12.7 Å². The van der Waals surface area contributed by atoms with Crippen LogP contribution in [0.4, 0.5) is 5.82 Å². The summed E-state index contributed by atoms with van der Waals surface area (Å²) in [6.45, 7) is 2.94. The Balaban J connectivity index is 2.29. The summed E-state index contributed by atoms with van der Waals surface area (Å²) in [6, 6.07) is 1.85. The van der Waals surface area contributed by atoms with Crippen molar-refractivity contribution in [2.45, 2.75) is 13.3 Å². The van der Waals surface area contributed by atoms with Crippen LogP contribution in [0.25, 0.3) is 0 Å². The van der Waals surface area contributed by atoms with Crippen LogP contribution in [0.1, 0.15) is 13.3 Å². The molecule has 0 bridgehead atoms. The minimum absolute atomic E-state index is 0.824. The molecule has 0 unspecified atom stereocenters. The standard InChI is InChI=1S/C9H13N3/c1-2-3-4-6-11-9-5-7-10-8-12-9/h3-5,7-8H,2,6H2,1H3,(H,10,11,12)/b4-3+. The van der Waals surface area contributed by atoms with E-state index in [4.69, 9.17) is 0 Å². The average Bonchev–Trinajstić information content (AvgIpc) is 2.14. The van der Waals surface area contributed by atoms with Gasteiger partial charge in [0.15, 0.2) is 0 Å². The van der Waals surface area contributed by atoms with Crippen molar-refractivity contribution in [2.75, 3.05) is 11.9 Å². The van der Waals surface area contributed by atoms with E-state index in [1.54, 1.807) is 6.20 Å². The Bertz CT molecular complexity index is 231. The van der Waals surface area contributed by atoms with Crippen molar-refractivity contribution < 1.29 is 0 Å². The SMILES string of the molecule is CC/C=C/CNc1ccncn1. The molecule has 1 N–H and O–H groups in total. The highest BCUT2D eigenvalue weighted by molar-refractivity contribution is 5.32. The van der Waals surface area contributed by atoms with Gasteiger partial charge in [0.1, 0.15) is 12.1 Å². The zero-order valence-corrected chi connectivity index (χ0v) is 7.20. The Morgan fingerprint density at radius 2 is 2.42 bits per heavy atom. The first kappa shape index (κ1) is 8.71. The van der Waals surface area contributed by atoms with Crippen molar-refractivity contribution in [1.29, 1.82) is 0 Å². The molecular formula is C9H13N3. The third-order valence-electron chi connectivity index (χ3n) is 1.39. The number of hydrogen-bond acceptors (Lipinski definition) is 3. The normalized spacial score (nSPS) is 10.4. The van der Waals surface area contributed by atoms with E-state index in [0.717, 1.165) is 18.8 Å². The van der Waals surface area contributed by atoms with Crippen LogP contribution in [-0.2, 0) is 0 Å². The van der Waals surface area contributed by atoms with Crippen molar-refractivity contribution in [3.63, 3.8) is 0 Å². The fourth-order valence-electron chi connectivity index (χ4n) is 0.809. The second-order valence-electron chi connectivity index (χ2n) is 2.36. The number of allylic oxidation sites excluding steroid dienone is 1. The summed E-state index contributed by atoms with van der Waals surface area (Å²) >= 11 is 0. The molecule has 1 heterocycles. The molecule has 0 aromatic carbocycles. The van der Waals surface area contributed by atoms with Crippen molar-refractivity contribution in [1.82, 2.24) is 9.97 Å². The summed E-state index contributed by atoms with van der Waals surface area (Å²) < 4.78 is 0. The second-order valence-corrected chi connectivity index (χ2v) is 2.36. The first-order valence-corrected chi connectivity index (χ1v) is 4.08. The molecule has 12 heavy (non-hydrogen) atoms. The summed E-state index contributed by atoms with van der Waals surface area (Å²) in [5, 5.41) is 3.14. The maximum Gasteiger partial charge on any atom is 0.129 e. The van der Waals surface area contributed by atoms with Gasteiger partial charge in [-0.3, -0.25) is 0 Å². The molecule has 0 radical (unpaired) electrons. The molecule has 0 aliphatic heterocycles. The largest absolute Gasteiger partial charge is 0.367 e. The molecule has 3 heteroatoms. The molecule has 1 rings (SSSR count). The van der Waals surface area contributed by atoms with Crippen LogP contribution in [0.2, 0.25) is 0 Å². The van der Waals surface area contributed by atoms with Gasteiger partial charge >= 0.3 is 0 Å². The lowest BCUT2D eigenvalue weighted by atomic mass is 10.4. The van der Waals surface area contributed by atoms with E-state index in [2.05, 4.69) is 34.4 Å². The van der Waals surface area contributed by atoms with Gasteiger partial charge in [-0.25, -0.2) is 9.97 Å². The van der Waals surface area contributed by atoms with Crippen LogP contribution in [0.3, 0.4) is 0 Å². The van der Waals surface area contributed by atoms with E-state index >= 15 is 0 Å². The molecule has 3 nitrogen and oxygen atoms in total. The zero-order valence-electron chi connectivity index (χ0n) is 7.20. The van der Waals surface area contributed by atoms with E-state index in [-0.39, 0.29) is 0 Å². The number of nitrogens with one attached hydrogen (secondary N) is 1. The lowest BCUT2D eigenvalue weighted by Gasteiger charge is -1.99. The minimum Gasteiger partial charge on any atom is -0.367 e. The van der Waals surface area contributed by atoms with E-state index in [9.17, 15) is 0 Å². The molecule has 1 aromatic heterocycles. The van der Waals surface area contributed by atoms with E-state index < -0.39 is 0 Å². The maximum absolute atomic E-state index is 4.02. The van der Waals surface area contributed by atoms with Gasteiger partial charge in [0.05, 0.1) is 0 Å². The summed E-state index contributed by atoms with van der Waals surface area (Å²) in [4.78, 5) is 7.84. The molecule has 0 fully saturated rings. The van der Waals surface area contributed by atoms with Crippen LogP contribution in [0.15, 0.2) is 30.7 Å². The fraction of sp³-hybridized carbons (Fsp3) is 0.333. The van der Waals surface area contributed by atoms with Crippen molar-refractivity contribution in [2.24, 2.45) is 0 Å². The predicted octanol–water partition coefficient (Wildman–Crippen LogP) is 1.85. The van der Waals surface area contributed by atoms with Gasteiger partial charge in [0.25, 0.3) is 0 Å². The summed E-state index contributed by atoms with van der Waals surface area (Å²) in [5.41, 5.74) is 0. The molecule has 0 saturated carbocycles. The number of aromatic nitrogens is 2. The van der Waals surface area contributed by atoms with Gasteiger partial charge in [-0.2, -0.15) is 0 Å². The predicted molar refractivity (Wildman–Crippen MR) is 50.0 cm³/mol. The molecule has 0 aliphatic rings. The van der Waals surface area contributed by atoms with Crippen LogP contribution < -0.4 is 5.32 Å². The molecule has 0 atom stereocenters. The van der Waals surface area contributed by atoms with Gasteiger partial charge in [-0.1, -0.05) is 19.1 Å². The quantitative estimate of drug-likeness (QED) is 0.688. The van der Waals surface area contributed by atoms with E-state index in [1.807, 2.05) is 6.07 Å². The summed E-state index contributed by atoms with van der Waals surface area (Å²) in [6.07, 6.45) is 8.53. The smallest absolute Gasteiger partial charge is 0.129 e. The number of anilines is 1. The van der Waals surface area contributed by atoms with Crippen LogP contribution in [0.5, 0.6) is 0 Å². The van der Waals surface area contributed by atoms with Crippen LogP contribution in [-0.4, -0.2) is 16.5 Å². The first-order chi connectivity index (χ1) is 5.93. The van der Waals surface area contributed by atoms with E-state index in [0.29, 0.717) is 0 Å². The molecular weight excluding hydrogens is 150 g/mol. The monoisotopic (exact) mass is 163 g/mol. The maximum atomic E-state index is 4.02. The highest BCUT2D eigenvalue weighted by Gasteiger charge is 1.86. The Labute approximate surface area is 72.6 Å². The Morgan fingerprint density at radius 3 is 3.08 bits per heavy atom. The third kappa shape index (κ3) is 3.14. The van der Waals surface area contributed by atoms with Crippen molar-refractivity contribution in [3.05, 3.63) is 30.7 Å². The Morgan fingerprint density at radius 1 is 1.50 bits per heavy atom. The minimum atomic E-state index is 0.824. The molecule has 0 spiro atoms. The molecule has 1 aromatic rings. The zero-order chi connectivity index (χ0) is 8.65. The second kappa shape index (κ2) is 5.29. The Kier molecular flexibility index (Phi) is 3.84. The highest BCUT2D eigenvalue weighted by atomic mass is 15.0. The van der Waals surface area contributed by atoms with Gasteiger partial charge in [-0.15, -0.1) is 0 Å². The lowest BCUT2D eigenvalue weighted by Crippen LogP contribution is -1.99. The number of rotatable bonds is 4. The summed E-state index contributed by atoms with van der Waals surface area (Å²) in [5.74, 6) is 0.866. The molecule has 0 saturated heterocycles. The fourth-order valence-corrected chi connectivity index (χ4v) is 0.809. The topological polar surface area (TPSA) is 37.8 Å². The molecule has 0 amide bonds. The third-order valence-corrected chi connectivity index (χ3v) is 1.39. The lowest BCUT2D eigenvalue weighted by molar-refractivity contribution is 1.13. The van der Waals surface area contributed by atoms with Crippen LogP contribution >= 0.6 is 0 Å². The van der Waals surface area contributed by atoms with Crippen molar-refractivity contribution >= 4 is 5.82 Å². The molecule has 64 valence electrons. The van der Waals surface area contributed by atoms with Gasteiger partial charge in [0.2, 0.25) is 0 Å². The number of nitrogens with zero attached hydrogens (tertiary/aromatic N) is 2. The number of hydrogen-bond donors (Lipinski definition) is 1. The van der Waals surface area contributed by atoms with Crippen molar-refractivity contribution in [3.8, 4) is 0 Å². The summed E-state index contributed by atoms with van der Waals surface area (Å²) in [7, 11) is 0. The highest BCUT2D eigenvalue weighted by Crippen LogP contribution is 1.96. The van der Waals surface area contributed by atoms with E-state index in [1.165, 1.54) is 6.33 Å². The first-order valence-electron chi connectivity index (χ1n) is 4.08. The average molecular weight is 163 g/mol. The molecule has 0 aliphatic carbocycles. The van der Waals surface area contributed by atoms with Gasteiger partial charge in [-0.05, 0) is 12.5 Å². The van der Waals surface area contributed by atoms with Crippen LogP contribution in [0, 0.1) is 0 Å². The Hall–Kier alpha value is -1.38. The van der Waals surface area contributed by atoms with Gasteiger partial charge < -0.3 is 5.32 Å².